The molecule has 0 aliphatic rings. The van der Waals surface area contributed by atoms with Gasteiger partial charge in [-0.1, -0.05) is 37.1 Å². The summed E-state index contributed by atoms with van der Waals surface area (Å²) in [6.07, 6.45) is 7.89. The zero-order valence-corrected chi connectivity index (χ0v) is 18.8. The molecule has 9 nitrogen and oxygen atoms in total. The predicted molar refractivity (Wildman–Crippen MR) is 123 cm³/mol. The Morgan fingerprint density at radius 2 is 1.78 bits per heavy atom. The second kappa shape index (κ2) is 10.1. The van der Waals surface area contributed by atoms with Gasteiger partial charge >= 0.3 is 13.3 Å². The Hall–Kier alpha value is -2.92. The number of aromatic amines is 1. The third-order valence-electron chi connectivity index (χ3n) is 5.32. The van der Waals surface area contributed by atoms with Gasteiger partial charge in [-0.3, -0.25) is 13.9 Å². The summed E-state index contributed by atoms with van der Waals surface area (Å²) in [4.78, 5) is 51.3. The number of terminal acetylenes is 1. The third-order valence-corrected chi connectivity index (χ3v) is 6.22. The molecule has 3 N–H and O–H groups in total. The Morgan fingerprint density at radius 1 is 1.09 bits per heavy atom. The van der Waals surface area contributed by atoms with E-state index in [0.717, 1.165) is 23.0 Å². The van der Waals surface area contributed by atoms with E-state index in [1.54, 1.807) is 0 Å². The highest BCUT2D eigenvalue weighted by atomic mass is 31.2. The zero-order valence-electron chi connectivity index (χ0n) is 18.0. The molecule has 170 valence electrons. The SMILES string of the molecule is C#CCn1c(=O)c2[nH]c(CCc3ccc(CC)cc3)nc2n(CCCCP(=O)(O)O)c1=O. The number of imidazole rings is 1. The Kier molecular flexibility index (Phi) is 7.52. The van der Waals surface area contributed by atoms with Crippen LogP contribution in [0.15, 0.2) is 33.9 Å². The molecule has 0 atom stereocenters. The molecule has 2 aromatic heterocycles. The second-order valence-electron chi connectivity index (χ2n) is 7.68. The molecule has 3 rings (SSSR count). The van der Waals surface area contributed by atoms with Crippen LogP contribution in [-0.2, 0) is 36.9 Å². The standard InChI is InChI=1S/C22H27N4O5P/c1-3-13-26-21(27)19-20(25(22(26)28)14-5-6-15-32(29,30)31)24-18(23-19)12-11-17-9-7-16(4-2)8-10-17/h1,7-10H,4-6,11-15H2,2H3,(H,23,24)(H2,29,30,31). The van der Waals surface area contributed by atoms with Crippen molar-refractivity contribution < 1.29 is 14.4 Å². The van der Waals surface area contributed by atoms with Gasteiger partial charge in [-0.25, -0.2) is 14.3 Å². The maximum atomic E-state index is 12.9. The van der Waals surface area contributed by atoms with Crippen LogP contribution in [0.2, 0.25) is 0 Å². The minimum absolute atomic E-state index is 0.170. The number of rotatable bonds is 10. The van der Waals surface area contributed by atoms with E-state index in [-0.39, 0.29) is 36.8 Å². The molecule has 0 fully saturated rings. The minimum Gasteiger partial charge on any atom is -0.336 e. The first-order valence-corrected chi connectivity index (χ1v) is 12.3. The Bertz CT molecular complexity index is 1290. The molecule has 2 heterocycles. The quantitative estimate of drug-likeness (QED) is 0.241. The number of H-pyrrole nitrogens is 1. The average molecular weight is 458 g/mol. The lowest BCUT2D eigenvalue weighted by Crippen LogP contribution is -2.40. The van der Waals surface area contributed by atoms with Crippen LogP contribution >= 0.6 is 7.60 Å². The zero-order chi connectivity index (χ0) is 23.3. The number of benzene rings is 1. The highest BCUT2D eigenvalue weighted by molar-refractivity contribution is 7.51. The lowest BCUT2D eigenvalue weighted by molar-refractivity contribution is 0.370. The molecule has 0 unspecified atom stereocenters. The van der Waals surface area contributed by atoms with Crippen molar-refractivity contribution in [3.8, 4) is 12.3 Å². The highest BCUT2D eigenvalue weighted by Crippen LogP contribution is 2.35. The summed E-state index contributed by atoms with van der Waals surface area (Å²) in [5.74, 6) is 2.90. The Balaban J connectivity index is 1.89. The van der Waals surface area contributed by atoms with Crippen molar-refractivity contribution in [2.24, 2.45) is 0 Å². The number of nitrogens with zero attached hydrogens (tertiary/aromatic N) is 3. The van der Waals surface area contributed by atoms with Gasteiger partial charge in [0.2, 0.25) is 0 Å². The second-order valence-corrected chi connectivity index (χ2v) is 9.45. The van der Waals surface area contributed by atoms with Crippen LogP contribution in [0.4, 0.5) is 0 Å². The summed E-state index contributed by atoms with van der Waals surface area (Å²) in [5, 5.41) is 0. The fourth-order valence-corrected chi connectivity index (χ4v) is 4.19. The number of fused-ring (bicyclic) bond motifs is 1. The molecule has 0 amide bonds. The maximum Gasteiger partial charge on any atom is 0.333 e. The first-order valence-electron chi connectivity index (χ1n) is 10.5. The van der Waals surface area contributed by atoms with E-state index >= 15 is 0 Å². The van der Waals surface area contributed by atoms with Crippen molar-refractivity contribution in [3.63, 3.8) is 0 Å². The van der Waals surface area contributed by atoms with Gasteiger partial charge in [-0.2, -0.15) is 0 Å². The van der Waals surface area contributed by atoms with Gasteiger partial charge in [0.25, 0.3) is 5.56 Å². The summed E-state index contributed by atoms with van der Waals surface area (Å²) in [6, 6.07) is 8.31. The molecule has 0 saturated heterocycles. The van der Waals surface area contributed by atoms with Gasteiger partial charge < -0.3 is 14.8 Å². The number of aromatic nitrogens is 4. The van der Waals surface area contributed by atoms with Crippen molar-refractivity contribution in [1.82, 2.24) is 19.1 Å². The fourth-order valence-electron chi connectivity index (χ4n) is 3.56. The molecule has 3 aromatic rings. The average Bonchev–Trinajstić information content (AvgIpc) is 3.18. The molecule has 0 aliphatic heterocycles. The number of aryl methyl sites for hydroxylation is 4. The van der Waals surface area contributed by atoms with Crippen LogP contribution in [0.3, 0.4) is 0 Å². The minimum atomic E-state index is -4.11. The summed E-state index contributed by atoms with van der Waals surface area (Å²) in [5.41, 5.74) is 1.73. The van der Waals surface area contributed by atoms with Crippen molar-refractivity contribution in [3.05, 3.63) is 62.1 Å². The Labute approximate surface area is 185 Å². The molecular formula is C22H27N4O5P. The van der Waals surface area contributed by atoms with Gasteiger partial charge in [-0.15, -0.1) is 6.42 Å². The lowest BCUT2D eigenvalue weighted by Gasteiger charge is -2.10. The third kappa shape index (κ3) is 5.65. The summed E-state index contributed by atoms with van der Waals surface area (Å²) in [6.45, 7) is 2.10. The van der Waals surface area contributed by atoms with E-state index in [0.29, 0.717) is 18.7 Å². The van der Waals surface area contributed by atoms with E-state index in [1.807, 2.05) is 0 Å². The Morgan fingerprint density at radius 3 is 2.41 bits per heavy atom. The van der Waals surface area contributed by atoms with Crippen molar-refractivity contribution in [2.45, 2.75) is 52.1 Å². The van der Waals surface area contributed by atoms with Crippen LogP contribution in [0.25, 0.3) is 11.2 Å². The monoisotopic (exact) mass is 458 g/mol. The van der Waals surface area contributed by atoms with E-state index in [2.05, 4.69) is 47.1 Å². The molecule has 0 bridgehead atoms. The smallest absolute Gasteiger partial charge is 0.333 e. The van der Waals surface area contributed by atoms with Crippen LogP contribution in [0.1, 0.15) is 36.7 Å². The number of nitrogens with one attached hydrogen (secondary N) is 1. The first kappa shape index (κ1) is 23.7. The fraction of sp³-hybridized carbons (Fsp3) is 0.409. The number of hydrogen-bond donors (Lipinski definition) is 3. The topological polar surface area (TPSA) is 130 Å². The van der Waals surface area contributed by atoms with E-state index in [4.69, 9.17) is 16.2 Å². The molecule has 32 heavy (non-hydrogen) atoms. The van der Waals surface area contributed by atoms with E-state index in [9.17, 15) is 14.2 Å². The molecule has 0 radical (unpaired) electrons. The summed E-state index contributed by atoms with van der Waals surface area (Å²) >= 11 is 0. The molecule has 10 heteroatoms. The van der Waals surface area contributed by atoms with Crippen molar-refractivity contribution in [2.75, 3.05) is 6.16 Å². The van der Waals surface area contributed by atoms with E-state index in [1.165, 1.54) is 10.1 Å². The highest BCUT2D eigenvalue weighted by Gasteiger charge is 2.18. The summed E-state index contributed by atoms with van der Waals surface area (Å²) in [7, 11) is -4.11. The van der Waals surface area contributed by atoms with Crippen LogP contribution in [-0.4, -0.2) is 35.1 Å². The van der Waals surface area contributed by atoms with E-state index < -0.39 is 18.8 Å². The maximum absolute atomic E-state index is 12.9. The van der Waals surface area contributed by atoms with Gasteiger partial charge in [0.15, 0.2) is 5.65 Å². The molecule has 0 spiro atoms. The van der Waals surface area contributed by atoms with Crippen molar-refractivity contribution in [1.29, 1.82) is 0 Å². The van der Waals surface area contributed by atoms with Crippen molar-refractivity contribution >= 4 is 18.8 Å². The number of unbranched alkanes of at least 4 members (excludes halogenated alkanes) is 1. The predicted octanol–water partition coefficient (Wildman–Crippen LogP) is 1.83. The molecule has 1 aromatic carbocycles. The summed E-state index contributed by atoms with van der Waals surface area (Å²) < 4.78 is 13.4. The van der Waals surface area contributed by atoms with Crippen LogP contribution < -0.4 is 11.2 Å². The molecular weight excluding hydrogens is 431 g/mol. The van der Waals surface area contributed by atoms with Crippen LogP contribution in [0.5, 0.6) is 0 Å². The molecule has 0 saturated carbocycles. The van der Waals surface area contributed by atoms with Gasteiger partial charge in [0.05, 0.1) is 6.54 Å². The van der Waals surface area contributed by atoms with Crippen LogP contribution in [0, 0.1) is 12.3 Å². The largest absolute Gasteiger partial charge is 0.336 e. The normalized spacial score (nSPS) is 11.7. The molecule has 0 aliphatic carbocycles. The van der Waals surface area contributed by atoms with Gasteiger partial charge in [-0.05, 0) is 36.8 Å². The first-order chi connectivity index (χ1) is 15.2. The van der Waals surface area contributed by atoms with Gasteiger partial charge in [0.1, 0.15) is 11.3 Å². The number of hydrogen-bond acceptors (Lipinski definition) is 4. The lowest BCUT2D eigenvalue weighted by atomic mass is 10.1. The van der Waals surface area contributed by atoms with Gasteiger partial charge in [0, 0.05) is 19.1 Å².